The standard InChI is InChI=1S/C11H17ClN4/c1-8-2-3-16(9(4-8)5-13)11-10(12)6-14-7-15-11/h6-9H,2-5,13H2,1H3. The van der Waals surface area contributed by atoms with Crippen LogP contribution in [-0.2, 0) is 0 Å². The first kappa shape index (κ1) is 11.6. The smallest absolute Gasteiger partial charge is 0.151 e. The highest BCUT2D eigenvalue weighted by atomic mass is 35.5. The van der Waals surface area contributed by atoms with E-state index in [-0.39, 0.29) is 0 Å². The summed E-state index contributed by atoms with van der Waals surface area (Å²) in [5, 5.41) is 0.607. The number of hydrogen-bond donors (Lipinski definition) is 1. The molecule has 0 bridgehead atoms. The van der Waals surface area contributed by atoms with Crippen molar-refractivity contribution < 1.29 is 0 Å². The quantitative estimate of drug-likeness (QED) is 0.855. The molecule has 2 unspecified atom stereocenters. The first-order valence-corrected chi connectivity index (χ1v) is 6.02. The average Bonchev–Trinajstić information content (AvgIpc) is 2.30. The van der Waals surface area contributed by atoms with Crippen LogP contribution in [0.15, 0.2) is 12.5 Å². The fourth-order valence-electron chi connectivity index (χ4n) is 2.27. The minimum Gasteiger partial charge on any atom is -0.351 e. The Morgan fingerprint density at radius 1 is 1.62 bits per heavy atom. The number of halogens is 1. The Bertz CT molecular complexity index is 358. The molecule has 88 valence electrons. The summed E-state index contributed by atoms with van der Waals surface area (Å²) in [7, 11) is 0. The van der Waals surface area contributed by atoms with Crippen LogP contribution < -0.4 is 10.6 Å². The Morgan fingerprint density at radius 2 is 2.44 bits per heavy atom. The van der Waals surface area contributed by atoms with Gasteiger partial charge in [-0.15, -0.1) is 0 Å². The predicted molar refractivity (Wildman–Crippen MR) is 65.6 cm³/mol. The number of hydrogen-bond acceptors (Lipinski definition) is 4. The molecule has 2 heterocycles. The molecular formula is C11H17ClN4. The van der Waals surface area contributed by atoms with Gasteiger partial charge in [-0.1, -0.05) is 18.5 Å². The van der Waals surface area contributed by atoms with Crippen molar-refractivity contribution in [1.29, 1.82) is 0 Å². The molecule has 1 aromatic heterocycles. The second-order valence-electron chi connectivity index (χ2n) is 4.41. The van der Waals surface area contributed by atoms with E-state index in [1.807, 2.05) is 0 Å². The maximum Gasteiger partial charge on any atom is 0.151 e. The zero-order valence-corrected chi connectivity index (χ0v) is 10.2. The molecule has 4 nitrogen and oxygen atoms in total. The summed E-state index contributed by atoms with van der Waals surface area (Å²) in [6, 6.07) is 0.344. The Labute approximate surface area is 101 Å². The molecule has 16 heavy (non-hydrogen) atoms. The molecule has 0 radical (unpaired) electrons. The van der Waals surface area contributed by atoms with Crippen LogP contribution in [0.3, 0.4) is 0 Å². The summed E-state index contributed by atoms with van der Waals surface area (Å²) in [6.07, 6.45) is 5.44. The first-order valence-electron chi connectivity index (χ1n) is 5.64. The summed E-state index contributed by atoms with van der Waals surface area (Å²) < 4.78 is 0. The Balaban J connectivity index is 2.22. The van der Waals surface area contributed by atoms with Gasteiger partial charge in [0, 0.05) is 19.1 Å². The molecular weight excluding hydrogens is 224 g/mol. The molecule has 0 saturated carbocycles. The second-order valence-corrected chi connectivity index (χ2v) is 4.81. The SMILES string of the molecule is CC1CCN(c2ncncc2Cl)C(CN)C1. The highest BCUT2D eigenvalue weighted by molar-refractivity contribution is 6.32. The van der Waals surface area contributed by atoms with Gasteiger partial charge in [0.25, 0.3) is 0 Å². The largest absolute Gasteiger partial charge is 0.351 e. The number of rotatable bonds is 2. The minimum atomic E-state index is 0.344. The van der Waals surface area contributed by atoms with Gasteiger partial charge >= 0.3 is 0 Å². The van der Waals surface area contributed by atoms with E-state index in [0.29, 0.717) is 17.6 Å². The van der Waals surface area contributed by atoms with Crippen LogP contribution in [0.5, 0.6) is 0 Å². The predicted octanol–water partition coefficient (Wildman–Crippen LogP) is 1.69. The maximum atomic E-state index is 6.11. The van der Waals surface area contributed by atoms with E-state index >= 15 is 0 Å². The summed E-state index contributed by atoms with van der Waals surface area (Å²) >= 11 is 6.11. The molecule has 1 aromatic rings. The van der Waals surface area contributed by atoms with Crippen LogP contribution in [0.4, 0.5) is 5.82 Å². The highest BCUT2D eigenvalue weighted by Crippen LogP contribution is 2.30. The topological polar surface area (TPSA) is 55.0 Å². The van der Waals surface area contributed by atoms with Crippen LogP contribution in [0, 0.1) is 5.92 Å². The number of anilines is 1. The van der Waals surface area contributed by atoms with Gasteiger partial charge in [-0.3, -0.25) is 0 Å². The number of piperidine rings is 1. The molecule has 0 aromatic carbocycles. The molecule has 2 atom stereocenters. The minimum absolute atomic E-state index is 0.344. The van der Waals surface area contributed by atoms with E-state index in [2.05, 4.69) is 21.8 Å². The summed E-state index contributed by atoms with van der Waals surface area (Å²) in [4.78, 5) is 10.4. The third kappa shape index (κ3) is 2.28. The van der Waals surface area contributed by atoms with Crippen LogP contribution in [0.2, 0.25) is 5.02 Å². The van der Waals surface area contributed by atoms with Crippen molar-refractivity contribution in [2.45, 2.75) is 25.8 Å². The molecule has 2 rings (SSSR count). The van der Waals surface area contributed by atoms with E-state index in [4.69, 9.17) is 17.3 Å². The van der Waals surface area contributed by atoms with Gasteiger partial charge in [-0.25, -0.2) is 9.97 Å². The fraction of sp³-hybridized carbons (Fsp3) is 0.636. The molecule has 1 aliphatic heterocycles. The molecule has 1 fully saturated rings. The lowest BCUT2D eigenvalue weighted by molar-refractivity contribution is 0.365. The van der Waals surface area contributed by atoms with E-state index in [0.717, 1.165) is 31.1 Å². The van der Waals surface area contributed by atoms with Crippen molar-refractivity contribution in [3.05, 3.63) is 17.5 Å². The zero-order valence-electron chi connectivity index (χ0n) is 9.43. The number of nitrogens with zero attached hydrogens (tertiary/aromatic N) is 3. The van der Waals surface area contributed by atoms with Gasteiger partial charge in [0.1, 0.15) is 11.3 Å². The van der Waals surface area contributed by atoms with E-state index in [1.165, 1.54) is 6.33 Å². The molecule has 1 saturated heterocycles. The fourth-order valence-corrected chi connectivity index (χ4v) is 2.49. The van der Waals surface area contributed by atoms with Crippen molar-refractivity contribution in [2.75, 3.05) is 18.0 Å². The highest BCUT2D eigenvalue weighted by Gasteiger charge is 2.27. The molecule has 0 amide bonds. The van der Waals surface area contributed by atoms with Crippen molar-refractivity contribution >= 4 is 17.4 Å². The van der Waals surface area contributed by atoms with Crippen LogP contribution in [0.1, 0.15) is 19.8 Å². The molecule has 0 spiro atoms. The monoisotopic (exact) mass is 240 g/mol. The summed E-state index contributed by atoms with van der Waals surface area (Å²) in [5.41, 5.74) is 5.82. The van der Waals surface area contributed by atoms with Gasteiger partial charge in [0.2, 0.25) is 0 Å². The zero-order chi connectivity index (χ0) is 11.5. The normalized spacial score (nSPS) is 25.8. The maximum absolute atomic E-state index is 6.11. The molecule has 1 aliphatic rings. The lowest BCUT2D eigenvalue weighted by Crippen LogP contribution is -2.46. The lowest BCUT2D eigenvalue weighted by atomic mass is 9.92. The third-order valence-corrected chi connectivity index (χ3v) is 3.44. The molecule has 2 N–H and O–H groups in total. The summed E-state index contributed by atoms with van der Waals surface area (Å²) in [6.45, 7) is 3.88. The average molecular weight is 241 g/mol. The number of aromatic nitrogens is 2. The third-order valence-electron chi connectivity index (χ3n) is 3.17. The van der Waals surface area contributed by atoms with E-state index in [1.54, 1.807) is 6.20 Å². The van der Waals surface area contributed by atoms with Crippen LogP contribution in [-0.4, -0.2) is 29.1 Å². The van der Waals surface area contributed by atoms with Gasteiger partial charge in [0.05, 0.1) is 6.20 Å². The Morgan fingerprint density at radius 3 is 3.12 bits per heavy atom. The number of nitrogens with two attached hydrogens (primary N) is 1. The Kier molecular flexibility index (Phi) is 3.61. The van der Waals surface area contributed by atoms with Crippen molar-refractivity contribution in [1.82, 2.24) is 9.97 Å². The first-order chi connectivity index (χ1) is 7.72. The van der Waals surface area contributed by atoms with Gasteiger partial charge in [-0.2, -0.15) is 0 Å². The van der Waals surface area contributed by atoms with Gasteiger partial charge in [0.15, 0.2) is 5.82 Å². The van der Waals surface area contributed by atoms with E-state index < -0.39 is 0 Å². The molecule has 0 aliphatic carbocycles. The van der Waals surface area contributed by atoms with Crippen LogP contribution >= 0.6 is 11.6 Å². The van der Waals surface area contributed by atoms with Gasteiger partial charge < -0.3 is 10.6 Å². The molecule has 5 heteroatoms. The Hall–Kier alpha value is -0.870. The van der Waals surface area contributed by atoms with Gasteiger partial charge in [-0.05, 0) is 18.8 Å². The van der Waals surface area contributed by atoms with E-state index in [9.17, 15) is 0 Å². The lowest BCUT2D eigenvalue weighted by Gasteiger charge is -2.39. The van der Waals surface area contributed by atoms with Crippen molar-refractivity contribution in [3.63, 3.8) is 0 Å². The van der Waals surface area contributed by atoms with Crippen LogP contribution in [0.25, 0.3) is 0 Å². The second kappa shape index (κ2) is 4.97. The summed E-state index contributed by atoms with van der Waals surface area (Å²) in [5.74, 6) is 1.55. The van der Waals surface area contributed by atoms with Crippen molar-refractivity contribution in [2.24, 2.45) is 11.7 Å². The van der Waals surface area contributed by atoms with Crippen molar-refractivity contribution in [3.8, 4) is 0 Å².